The molecule has 1 amide bonds. The largest absolute Gasteiger partial charge is 0.484 e. The third kappa shape index (κ3) is 3.19. The number of hydrogen-bond donors (Lipinski definition) is 3. The van der Waals surface area contributed by atoms with E-state index in [1.807, 2.05) is 12.1 Å². The molecule has 1 atom stereocenters. The van der Waals surface area contributed by atoms with E-state index in [1.165, 1.54) is 0 Å². The number of benzene rings is 1. The number of carbonyl (C=O) groups excluding carboxylic acids is 1. The molecule has 26 heavy (non-hydrogen) atoms. The molecule has 1 aliphatic heterocycles. The van der Waals surface area contributed by atoms with Crippen LogP contribution in [0, 0.1) is 11.3 Å². The summed E-state index contributed by atoms with van der Waals surface area (Å²) in [5, 5.41) is 16.8. The average molecular weight is 353 g/mol. The van der Waals surface area contributed by atoms with E-state index in [-0.39, 0.29) is 18.4 Å². The number of ether oxygens (including phenoxy) is 2. The van der Waals surface area contributed by atoms with Crippen LogP contribution in [-0.2, 0) is 11.2 Å². The number of carbonyl (C=O) groups is 1. The lowest BCUT2D eigenvalue weighted by Gasteiger charge is -2.24. The Hall–Kier alpha value is -3.47. The van der Waals surface area contributed by atoms with Crippen molar-refractivity contribution in [2.75, 3.05) is 6.61 Å². The molecule has 0 spiro atoms. The number of H-pyrrole nitrogens is 1. The summed E-state index contributed by atoms with van der Waals surface area (Å²) in [7, 11) is 0. The number of amides is 1. The topological polar surface area (TPSA) is 140 Å². The molecule has 3 rings (SSSR count). The third-order valence-electron chi connectivity index (χ3n) is 4.11. The number of nitriles is 1. The first-order valence-electron chi connectivity index (χ1n) is 8.20. The Morgan fingerprint density at radius 2 is 2.15 bits per heavy atom. The van der Waals surface area contributed by atoms with Crippen molar-refractivity contribution in [1.82, 2.24) is 10.2 Å². The number of aromatic amines is 1. The van der Waals surface area contributed by atoms with Crippen LogP contribution in [0.2, 0.25) is 0 Å². The number of nitrogens with two attached hydrogens (primary N) is 2. The minimum absolute atomic E-state index is 0.0496. The van der Waals surface area contributed by atoms with Crippen LogP contribution < -0.4 is 20.9 Å². The summed E-state index contributed by atoms with van der Waals surface area (Å²) in [5.74, 6) is 0.0244. The minimum atomic E-state index is -0.548. The second-order valence-electron chi connectivity index (χ2n) is 5.92. The van der Waals surface area contributed by atoms with Gasteiger partial charge >= 0.3 is 0 Å². The van der Waals surface area contributed by atoms with Crippen LogP contribution >= 0.6 is 0 Å². The van der Waals surface area contributed by atoms with Gasteiger partial charge in [-0.3, -0.25) is 9.89 Å². The molecule has 1 aromatic carbocycles. The molecule has 2 aromatic rings. The summed E-state index contributed by atoms with van der Waals surface area (Å²) >= 11 is 0. The quantitative estimate of drug-likeness (QED) is 0.718. The molecule has 1 aliphatic rings. The van der Waals surface area contributed by atoms with Crippen molar-refractivity contribution >= 4 is 5.91 Å². The Balaban J connectivity index is 2.01. The smallest absolute Gasteiger partial charge is 0.255 e. The maximum atomic E-state index is 10.8. The number of fused-ring (bicyclic) bond motifs is 1. The summed E-state index contributed by atoms with van der Waals surface area (Å²) in [6.07, 6.45) is 1.70. The van der Waals surface area contributed by atoms with Gasteiger partial charge in [-0.2, -0.15) is 5.26 Å². The molecule has 134 valence electrons. The van der Waals surface area contributed by atoms with Crippen LogP contribution in [0.4, 0.5) is 0 Å². The maximum absolute atomic E-state index is 10.8. The lowest BCUT2D eigenvalue weighted by molar-refractivity contribution is -0.119. The zero-order valence-electron chi connectivity index (χ0n) is 14.3. The van der Waals surface area contributed by atoms with Crippen LogP contribution in [-0.4, -0.2) is 22.7 Å². The van der Waals surface area contributed by atoms with Crippen LogP contribution in [0.15, 0.2) is 35.7 Å². The van der Waals surface area contributed by atoms with Gasteiger partial charge in [0, 0.05) is 11.3 Å². The highest BCUT2D eigenvalue weighted by atomic mass is 16.5. The van der Waals surface area contributed by atoms with Crippen molar-refractivity contribution < 1.29 is 14.3 Å². The normalized spacial score (nSPS) is 15.8. The van der Waals surface area contributed by atoms with Gasteiger partial charge in [-0.15, -0.1) is 5.10 Å². The van der Waals surface area contributed by atoms with E-state index in [0.717, 1.165) is 29.7 Å². The molecule has 0 unspecified atom stereocenters. The number of aromatic nitrogens is 2. The van der Waals surface area contributed by atoms with Crippen LogP contribution in [0.5, 0.6) is 11.6 Å². The highest BCUT2D eigenvalue weighted by Gasteiger charge is 2.34. The molecule has 8 heteroatoms. The lowest BCUT2D eigenvalue weighted by atomic mass is 9.83. The van der Waals surface area contributed by atoms with Gasteiger partial charge in [0.2, 0.25) is 11.8 Å². The van der Waals surface area contributed by atoms with E-state index in [4.69, 9.17) is 20.9 Å². The van der Waals surface area contributed by atoms with E-state index in [9.17, 15) is 10.1 Å². The molecule has 2 heterocycles. The van der Waals surface area contributed by atoms with Gasteiger partial charge in [0.05, 0.1) is 5.92 Å². The number of rotatable bonds is 6. The van der Waals surface area contributed by atoms with Gasteiger partial charge in [0.1, 0.15) is 17.4 Å². The Bertz CT molecular complexity index is 893. The van der Waals surface area contributed by atoms with Crippen LogP contribution in [0.25, 0.3) is 0 Å². The Morgan fingerprint density at radius 1 is 1.42 bits per heavy atom. The molecule has 0 bridgehead atoms. The van der Waals surface area contributed by atoms with Crippen molar-refractivity contribution in [3.05, 3.63) is 52.5 Å². The van der Waals surface area contributed by atoms with E-state index in [1.54, 1.807) is 12.1 Å². The first-order valence-corrected chi connectivity index (χ1v) is 8.20. The van der Waals surface area contributed by atoms with Gasteiger partial charge in [-0.1, -0.05) is 25.5 Å². The highest BCUT2D eigenvalue weighted by Crippen LogP contribution is 2.43. The molecule has 0 fully saturated rings. The zero-order valence-corrected chi connectivity index (χ0v) is 14.3. The van der Waals surface area contributed by atoms with Crippen molar-refractivity contribution in [2.45, 2.75) is 25.7 Å². The molecule has 5 N–H and O–H groups in total. The lowest BCUT2D eigenvalue weighted by Crippen LogP contribution is -2.21. The monoisotopic (exact) mass is 353 g/mol. The predicted octanol–water partition coefficient (Wildman–Crippen LogP) is 1.44. The molecule has 1 aromatic heterocycles. The Labute approximate surface area is 150 Å². The zero-order chi connectivity index (χ0) is 18.7. The number of aryl methyl sites for hydroxylation is 1. The van der Waals surface area contributed by atoms with Crippen LogP contribution in [0.3, 0.4) is 0 Å². The fourth-order valence-corrected chi connectivity index (χ4v) is 2.99. The molecule has 8 nitrogen and oxygen atoms in total. The number of hydrogen-bond acceptors (Lipinski definition) is 6. The summed E-state index contributed by atoms with van der Waals surface area (Å²) in [4.78, 5) is 10.8. The van der Waals surface area contributed by atoms with E-state index < -0.39 is 5.91 Å². The summed E-state index contributed by atoms with van der Waals surface area (Å²) in [6, 6.07) is 9.24. The van der Waals surface area contributed by atoms with Crippen LogP contribution in [0.1, 0.15) is 36.1 Å². The molecule has 0 saturated carbocycles. The summed E-state index contributed by atoms with van der Waals surface area (Å²) < 4.78 is 10.8. The third-order valence-corrected chi connectivity index (χ3v) is 4.11. The van der Waals surface area contributed by atoms with Crippen molar-refractivity contribution in [1.29, 1.82) is 5.26 Å². The molecule has 0 aliphatic carbocycles. The summed E-state index contributed by atoms with van der Waals surface area (Å²) in [5.41, 5.74) is 13.9. The summed E-state index contributed by atoms with van der Waals surface area (Å²) in [6.45, 7) is 1.87. The number of nitrogens with one attached hydrogen (secondary N) is 1. The first-order chi connectivity index (χ1) is 12.5. The number of allylic oxidation sites excluding steroid dienone is 1. The van der Waals surface area contributed by atoms with Gasteiger partial charge in [-0.25, -0.2) is 0 Å². The highest BCUT2D eigenvalue weighted by molar-refractivity contribution is 5.75. The average Bonchev–Trinajstić information content (AvgIpc) is 3.02. The minimum Gasteiger partial charge on any atom is -0.484 e. The second kappa shape index (κ2) is 7.19. The van der Waals surface area contributed by atoms with Gasteiger partial charge in [-0.05, 0) is 24.1 Å². The first kappa shape index (κ1) is 17.4. The van der Waals surface area contributed by atoms with Crippen molar-refractivity contribution in [3.8, 4) is 17.7 Å². The van der Waals surface area contributed by atoms with E-state index >= 15 is 0 Å². The Kier molecular flexibility index (Phi) is 4.80. The SMILES string of the molecule is CCCc1[nH]nc2c1[C@H](c1ccc(OCC(N)=O)cc1)C(C#N)=C(N)O2. The number of primary amides is 1. The Morgan fingerprint density at radius 3 is 2.77 bits per heavy atom. The number of nitrogens with zero attached hydrogens (tertiary/aromatic N) is 2. The fraction of sp³-hybridized carbons (Fsp3) is 0.278. The van der Waals surface area contributed by atoms with Gasteiger partial charge in [0.25, 0.3) is 5.91 Å². The van der Waals surface area contributed by atoms with Crippen molar-refractivity contribution in [2.24, 2.45) is 11.5 Å². The molecule has 0 saturated heterocycles. The molecular weight excluding hydrogens is 334 g/mol. The van der Waals surface area contributed by atoms with E-state index in [2.05, 4.69) is 23.2 Å². The van der Waals surface area contributed by atoms with Gasteiger partial charge < -0.3 is 20.9 Å². The molecular formula is C18H19N5O3. The fourth-order valence-electron chi connectivity index (χ4n) is 2.99. The van der Waals surface area contributed by atoms with Gasteiger partial charge in [0.15, 0.2) is 6.61 Å². The standard InChI is InChI=1S/C18H19N5O3/c1-2-3-13-16-15(12(8-19)17(21)26-18(16)23-22-13)10-4-6-11(7-5-10)25-9-14(20)24/h4-7,15H,2-3,9,21H2,1H3,(H2,20,24)(H,22,23)/t15-/m1/s1. The predicted molar refractivity (Wildman–Crippen MR) is 93.0 cm³/mol. The maximum Gasteiger partial charge on any atom is 0.255 e. The second-order valence-corrected chi connectivity index (χ2v) is 5.92. The van der Waals surface area contributed by atoms with Crippen molar-refractivity contribution in [3.63, 3.8) is 0 Å². The van der Waals surface area contributed by atoms with E-state index in [0.29, 0.717) is 17.2 Å². The molecule has 0 radical (unpaired) electrons.